The molecule has 5 heteroatoms. The highest BCUT2D eigenvalue weighted by molar-refractivity contribution is 5.96. The van der Waals surface area contributed by atoms with Crippen LogP contribution < -0.4 is 0 Å². The highest BCUT2D eigenvalue weighted by Crippen LogP contribution is 2.23. The average Bonchev–Trinajstić information content (AvgIpc) is 2.68. The molecule has 0 saturated carbocycles. The summed E-state index contributed by atoms with van der Waals surface area (Å²) in [6, 6.07) is 7.32. The van der Waals surface area contributed by atoms with E-state index in [0.717, 1.165) is 10.9 Å². The molecule has 0 amide bonds. The van der Waals surface area contributed by atoms with Gasteiger partial charge in [-0.15, -0.1) is 0 Å². The van der Waals surface area contributed by atoms with Gasteiger partial charge in [0.2, 0.25) is 11.6 Å². The van der Waals surface area contributed by atoms with Crippen molar-refractivity contribution in [2.24, 2.45) is 0 Å². The van der Waals surface area contributed by atoms with Crippen LogP contribution in [0.5, 0.6) is 0 Å². The molecule has 2 aromatic rings. The first kappa shape index (κ1) is 12.0. The predicted octanol–water partition coefficient (Wildman–Crippen LogP) is 2.94. The van der Waals surface area contributed by atoms with E-state index in [4.69, 9.17) is 0 Å². The Kier molecular flexibility index (Phi) is 2.97. The van der Waals surface area contributed by atoms with Gasteiger partial charge in [-0.25, -0.2) is 0 Å². The first-order valence-corrected chi connectivity index (χ1v) is 5.44. The number of hydrogen-bond donors (Lipinski definition) is 0. The fourth-order valence-corrected chi connectivity index (χ4v) is 1.86. The lowest BCUT2D eigenvalue weighted by Gasteiger charge is -1.96. The summed E-state index contributed by atoms with van der Waals surface area (Å²) in [6.45, 7) is 2.89. The van der Waals surface area contributed by atoms with Crippen LogP contribution in [0.15, 0.2) is 36.2 Å². The summed E-state index contributed by atoms with van der Waals surface area (Å²) < 4.78 is 1.49. The van der Waals surface area contributed by atoms with Gasteiger partial charge in [-0.3, -0.25) is 19.5 Å². The molecule has 1 aromatic heterocycles. The quantitative estimate of drug-likeness (QED) is 0.602. The fourth-order valence-electron chi connectivity index (χ4n) is 1.86. The number of allylic oxidation sites excluding steroid dienone is 1. The summed E-state index contributed by atoms with van der Waals surface area (Å²) in [7, 11) is 0. The third-order valence-electron chi connectivity index (χ3n) is 2.73. The van der Waals surface area contributed by atoms with Crippen LogP contribution in [-0.2, 0) is 0 Å². The van der Waals surface area contributed by atoms with Gasteiger partial charge in [0.15, 0.2) is 0 Å². The second-order valence-corrected chi connectivity index (χ2v) is 4.03. The zero-order valence-corrected chi connectivity index (χ0v) is 10.1. The second kappa shape index (κ2) is 4.44. The molecule has 92 valence electrons. The van der Waals surface area contributed by atoms with E-state index in [2.05, 4.69) is 0 Å². The zero-order chi connectivity index (χ0) is 13.3. The standard InChI is InChI=1S/C13H12N2O3/c1-9(15(17)18)7-11-8-14(10(2)16)13-6-4-3-5-12(11)13/h3-8H,1-2H3/b9-7+. The monoisotopic (exact) mass is 244 g/mol. The number of carbonyl (C=O) groups excluding carboxylic acids is 1. The summed E-state index contributed by atoms with van der Waals surface area (Å²) in [6.07, 6.45) is 3.10. The van der Waals surface area contributed by atoms with E-state index in [1.54, 1.807) is 6.20 Å². The SMILES string of the molecule is CC(=O)n1cc(/C=C(\C)[N+](=O)[O-])c2ccccc21. The highest BCUT2D eigenvalue weighted by atomic mass is 16.6. The molecule has 1 aromatic carbocycles. The molecule has 0 bridgehead atoms. The number of para-hydroxylation sites is 1. The third-order valence-corrected chi connectivity index (χ3v) is 2.73. The Morgan fingerprint density at radius 2 is 2.00 bits per heavy atom. The van der Waals surface area contributed by atoms with Crippen molar-refractivity contribution in [3.05, 3.63) is 51.8 Å². The number of fused-ring (bicyclic) bond motifs is 1. The summed E-state index contributed by atoms with van der Waals surface area (Å²) in [4.78, 5) is 21.7. The minimum atomic E-state index is -0.445. The first-order chi connectivity index (χ1) is 8.50. The van der Waals surface area contributed by atoms with Gasteiger partial charge in [-0.1, -0.05) is 18.2 Å². The van der Waals surface area contributed by atoms with Crippen molar-refractivity contribution in [3.8, 4) is 0 Å². The van der Waals surface area contributed by atoms with Gasteiger partial charge >= 0.3 is 0 Å². The van der Waals surface area contributed by atoms with Crippen LogP contribution in [0.25, 0.3) is 17.0 Å². The largest absolute Gasteiger partial charge is 0.287 e. The fraction of sp³-hybridized carbons (Fsp3) is 0.154. The molecule has 0 radical (unpaired) electrons. The molecule has 5 nitrogen and oxygen atoms in total. The van der Waals surface area contributed by atoms with Crippen LogP contribution in [0.3, 0.4) is 0 Å². The van der Waals surface area contributed by atoms with Crippen molar-refractivity contribution in [2.45, 2.75) is 13.8 Å². The highest BCUT2D eigenvalue weighted by Gasteiger charge is 2.11. The summed E-state index contributed by atoms with van der Waals surface area (Å²) in [5.41, 5.74) is 1.48. The molecule has 18 heavy (non-hydrogen) atoms. The molecule has 0 aliphatic rings. The van der Waals surface area contributed by atoms with Gasteiger partial charge in [-0.2, -0.15) is 0 Å². The molecule has 0 atom stereocenters. The molecule has 0 unspecified atom stereocenters. The molecule has 0 spiro atoms. The van der Waals surface area contributed by atoms with Gasteiger partial charge in [0, 0.05) is 37.1 Å². The lowest BCUT2D eigenvalue weighted by Crippen LogP contribution is -2.02. The molecule has 0 fully saturated rings. The topological polar surface area (TPSA) is 65.1 Å². The van der Waals surface area contributed by atoms with E-state index in [-0.39, 0.29) is 11.6 Å². The molecule has 0 N–H and O–H groups in total. The van der Waals surface area contributed by atoms with Gasteiger partial charge in [0.25, 0.3) is 0 Å². The maximum Gasteiger partial charge on any atom is 0.243 e. The number of nitro groups is 1. The minimum absolute atomic E-state index is 0.0430. The Balaban J connectivity index is 2.69. The Morgan fingerprint density at radius 3 is 2.61 bits per heavy atom. The van der Waals surface area contributed by atoms with Crippen LogP contribution in [0.2, 0.25) is 0 Å². The predicted molar refractivity (Wildman–Crippen MR) is 68.9 cm³/mol. The summed E-state index contributed by atoms with van der Waals surface area (Å²) in [5, 5.41) is 11.5. The van der Waals surface area contributed by atoms with Crippen LogP contribution in [0.1, 0.15) is 24.2 Å². The normalized spacial score (nSPS) is 11.8. The first-order valence-electron chi connectivity index (χ1n) is 5.44. The third kappa shape index (κ3) is 2.02. The number of hydrogen-bond acceptors (Lipinski definition) is 3. The van der Waals surface area contributed by atoms with Crippen LogP contribution in [0.4, 0.5) is 0 Å². The van der Waals surface area contributed by atoms with Crippen LogP contribution in [-0.4, -0.2) is 15.4 Å². The van der Waals surface area contributed by atoms with Crippen molar-refractivity contribution >= 4 is 22.9 Å². The lowest BCUT2D eigenvalue weighted by molar-refractivity contribution is -0.422. The number of aromatic nitrogens is 1. The van der Waals surface area contributed by atoms with Gasteiger partial charge in [0.1, 0.15) is 0 Å². The number of carbonyl (C=O) groups is 1. The van der Waals surface area contributed by atoms with Crippen molar-refractivity contribution < 1.29 is 9.72 Å². The van der Waals surface area contributed by atoms with Gasteiger partial charge in [0.05, 0.1) is 10.4 Å². The van der Waals surface area contributed by atoms with Crippen molar-refractivity contribution in [2.75, 3.05) is 0 Å². The van der Waals surface area contributed by atoms with Crippen molar-refractivity contribution in [3.63, 3.8) is 0 Å². The van der Waals surface area contributed by atoms with Gasteiger partial charge in [-0.05, 0) is 6.07 Å². The van der Waals surface area contributed by atoms with Gasteiger partial charge < -0.3 is 0 Å². The Labute approximate surface area is 103 Å². The van der Waals surface area contributed by atoms with Crippen LogP contribution in [0, 0.1) is 10.1 Å². The number of nitrogens with zero attached hydrogens (tertiary/aromatic N) is 2. The zero-order valence-electron chi connectivity index (χ0n) is 10.1. The lowest BCUT2D eigenvalue weighted by atomic mass is 10.1. The Hall–Kier alpha value is -2.43. The van der Waals surface area contributed by atoms with Crippen molar-refractivity contribution in [1.29, 1.82) is 0 Å². The van der Waals surface area contributed by atoms with Crippen LogP contribution >= 0.6 is 0 Å². The Bertz CT molecular complexity index is 668. The summed E-state index contributed by atoms with van der Waals surface area (Å²) >= 11 is 0. The molecular formula is C13H12N2O3. The summed E-state index contributed by atoms with van der Waals surface area (Å²) in [5.74, 6) is -0.121. The number of rotatable bonds is 2. The molecular weight excluding hydrogens is 232 g/mol. The molecule has 0 saturated heterocycles. The number of benzene rings is 1. The van der Waals surface area contributed by atoms with E-state index in [1.165, 1.54) is 24.5 Å². The molecule has 2 rings (SSSR count). The van der Waals surface area contributed by atoms with Crippen molar-refractivity contribution in [1.82, 2.24) is 4.57 Å². The molecule has 1 heterocycles. The second-order valence-electron chi connectivity index (χ2n) is 4.03. The average molecular weight is 244 g/mol. The Morgan fingerprint density at radius 1 is 1.33 bits per heavy atom. The maximum atomic E-state index is 11.5. The smallest absolute Gasteiger partial charge is 0.243 e. The van der Waals surface area contributed by atoms with E-state index in [1.807, 2.05) is 24.3 Å². The van der Waals surface area contributed by atoms with E-state index in [9.17, 15) is 14.9 Å². The van der Waals surface area contributed by atoms with E-state index in [0.29, 0.717) is 5.56 Å². The maximum absolute atomic E-state index is 11.5. The minimum Gasteiger partial charge on any atom is -0.287 e. The van der Waals surface area contributed by atoms with E-state index >= 15 is 0 Å². The molecule has 0 aliphatic heterocycles. The van der Waals surface area contributed by atoms with E-state index < -0.39 is 4.92 Å². The molecule has 0 aliphatic carbocycles.